The molecule has 1 fully saturated rings. The van der Waals surface area contributed by atoms with Gasteiger partial charge in [0.05, 0.1) is 39.1 Å². The second kappa shape index (κ2) is 12.5. The Kier molecular flexibility index (Phi) is 8.72. The highest BCUT2D eigenvalue weighted by Gasteiger charge is 2.17. The monoisotopic (exact) mass is 664 g/mol. The van der Waals surface area contributed by atoms with E-state index in [9.17, 15) is 0 Å². The summed E-state index contributed by atoms with van der Waals surface area (Å²) in [5.74, 6) is 5.51. The van der Waals surface area contributed by atoms with Gasteiger partial charge < -0.3 is 14.0 Å². The number of thioether (sulfide) groups is 1. The molecule has 1 aliphatic rings. The van der Waals surface area contributed by atoms with Gasteiger partial charge in [-0.25, -0.2) is 9.97 Å². The van der Waals surface area contributed by atoms with Crippen molar-refractivity contribution in [1.29, 1.82) is 0 Å². The number of nitrogens with zero attached hydrogens (tertiary/aromatic N) is 6. The van der Waals surface area contributed by atoms with Crippen molar-refractivity contribution in [3.05, 3.63) is 59.2 Å². The molecule has 0 radical (unpaired) electrons. The molecule has 42 heavy (non-hydrogen) atoms. The van der Waals surface area contributed by atoms with Crippen molar-refractivity contribution >= 4 is 57.8 Å². The summed E-state index contributed by atoms with van der Waals surface area (Å²) in [5.41, 5.74) is 5.21. The average molecular weight is 666 g/mol. The van der Waals surface area contributed by atoms with E-state index in [1.54, 1.807) is 0 Å². The minimum absolute atomic E-state index is 0.477. The maximum absolute atomic E-state index is 6.39. The Labute approximate surface area is 260 Å². The van der Waals surface area contributed by atoms with Gasteiger partial charge in [0.15, 0.2) is 0 Å². The van der Waals surface area contributed by atoms with E-state index in [2.05, 4.69) is 72.9 Å². The molecule has 0 N–H and O–H groups in total. The van der Waals surface area contributed by atoms with Gasteiger partial charge in [0.25, 0.3) is 0 Å². The summed E-state index contributed by atoms with van der Waals surface area (Å²) in [7, 11) is -1.14. The molecule has 0 saturated carbocycles. The molecule has 0 unspecified atom stereocenters. The Morgan fingerprint density at radius 2 is 1.86 bits per heavy atom. The molecule has 3 aromatic heterocycles. The van der Waals surface area contributed by atoms with E-state index in [1.807, 2.05) is 49.6 Å². The zero-order valence-corrected chi connectivity index (χ0v) is 28.0. The van der Waals surface area contributed by atoms with Gasteiger partial charge in [0, 0.05) is 39.1 Å². The average Bonchev–Trinajstić information content (AvgIpc) is 3.56. The third-order valence-electron chi connectivity index (χ3n) is 7.69. The minimum Gasteiger partial charge on any atom is -0.456 e. The molecule has 6 rings (SSSR count). The quantitative estimate of drug-likeness (QED) is 0.110. The molecule has 0 aliphatic carbocycles. The molecular weight excluding hydrogens is 628 g/mol. The lowest BCUT2D eigenvalue weighted by molar-refractivity contribution is 0.0885. The van der Waals surface area contributed by atoms with Gasteiger partial charge in [0.1, 0.15) is 29.6 Å². The predicted molar refractivity (Wildman–Crippen MR) is 177 cm³/mol. The van der Waals surface area contributed by atoms with Crippen molar-refractivity contribution < 1.29 is 9.47 Å². The van der Waals surface area contributed by atoms with Crippen LogP contribution in [0.5, 0.6) is 11.5 Å². The van der Waals surface area contributed by atoms with Gasteiger partial charge in [-0.3, -0.25) is 9.67 Å². The first-order valence-corrected chi connectivity index (χ1v) is 20.2. The van der Waals surface area contributed by atoms with Crippen LogP contribution in [0.25, 0.3) is 33.3 Å². The van der Waals surface area contributed by atoms with Crippen molar-refractivity contribution in [3.8, 4) is 22.8 Å². The number of benzene rings is 2. The van der Waals surface area contributed by atoms with Crippen molar-refractivity contribution in [3.63, 3.8) is 0 Å². The third kappa shape index (κ3) is 6.74. The maximum Gasteiger partial charge on any atom is 0.143 e. The lowest BCUT2D eigenvalue weighted by Crippen LogP contribution is -2.22. The highest BCUT2D eigenvalue weighted by Crippen LogP contribution is 2.36. The fraction of sp³-hybridized carbons (Fsp3) is 0.419. The smallest absolute Gasteiger partial charge is 0.143 e. The van der Waals surface area contributed by atoms with E-state index in [1.165, 1.54) is 24.3 Å². The SMILES string of the molecule is Cc1nc2ccc(Oc3ccc4ncc(-c5cnn(CC6CCSCC6)c5)nc4c3Br)cc2n1COCC[Si](C)(C)C. The summed E-state index contributed by atoms with van der Waals surface area (Å²) in [6.07, 6.45) is 8.30. The molecule has 0 bridgehead atoms. The number of aromatic nitrogens is 6. The van der Waals surface area contributed by atoms with Crippen LogP contribution in [0.3, 0.4) is 0 Å². The summed E-state index contributed by atoms with van der Waals surface area (Å²) in [6.45, 7) is 11.3. The van der Waals surface area contributed by atoms with Crippen LogP contribution in [-0.4, -0.2) is 55.5 Å². The fourth-order valence-electron chi connectivity index (χ4n) is 5.14. The molecule has 0 amide bonds. The number of imidazole rings is 1. The first-order valence-electron chi connectivity index (χ1n) is 14.5. The topological polar surface area (TPSA) is 79.9 Å². The lowest BCUT2D eigenvalue weighted by atomic mass is 10.0. The van der Waals surface area contributed by atoms with Crippen LogP contribution >= 0.6 is 27.7 Å². The Balaban J connectivity index is 1.21. The summed E-state index contributed by atoms with van der Waals surface area (Å²) in [4.78, 5) is 14.4. The van der Waals surface area contributed by atoms with Crippen LogP contribution in [0.1, 0.15) is 18.7 Å². The van der Waals surface area contributed by atoms with Gasteiger partial charge in [-0.05, 0) is 83.4 Å². The van der Waals surface area contributed by atoms with Crippen LogP contribution in [0.4, 0.5) is 0 Å². The Hall–Kier alpha value is -2.73. The van der Waals surface area contributed by atoms with Gasteiger partial charge >= 0.3 is 0 Å². The molecule has 1 saturated heterocycles. The number of aryl methyl sites for hydroxylation is 1. The highest BCUT2D eigenvalue weighted by molar-refractivity contribution is 9.10. The highest BCUT2D eigenvalue weighted by atomic mass is 79.9. The molecule has 11 heteroatoms. The molecular formula is C31H37BrN6O2SSi. The summed E-state index contributed by atoms with van der Waals surface area (Å²) < 4.78 is 17.3. The third-order valence-corrected chi connectivity index (χ3v) is 11.2. The van der Waals surface area contributed by atoms with E-state index >= 15 is 0 Å². The molecule has 4 heterocycles. The predicted octanol–water partition coefficient (Wildman–Crippen LogP) is 8.16. The zero-order chi connectivity index (χ0) is 29.3. The van der Waals surface area contributed by atoms with Gasteiger partial charge in [-0.15, -0.1) is 0 Å². The Bertz CT molecular complexity index is 1710. The standard InChI is InChI=1S/C31H37BrN6O2SSi/c1-21-35-25-6-5-24(15-28(25)38(21)20-39-11-14-42(2,3)4)40-29-8-7-26-31(30(29)32)36-27(17-33-26)23-16-34-37(19-23)18-22-9-12-41-13-10-22/h5-8,15-17,19,22H,9-14,18,20H2,1-4H3. The Morgan fingerprint density at radius 3 is 2.67 bits per heavy atom. The van der Waals surface area contributed by atoms with Crippen LogP contribution < -0.4 is 4.74 Å². The molecule has 2 aromatic carbocycles. The number of ether oxygens (including phenoxy) is 2. The number of hydrogen-bond acceptors (Lipinski definition) is 7. The second-order valence-corrected chi connectivity index (χ2v) is 19.8. The zero-order valence-electron chi connectivity index (χ0n) is 24.6. The first kappa shape index (κ1) is 29.3. The number of fused-ring (bicyclic) bond motifs is 2. The normalized spacial score (nSPS) is 14.7. The van der Waals surface area contributed by atoms with Crippen molar-refractivity contribution in [2.24, 2.45) is 5.92 Å². The lowest BCUT2D eigenvalue weighted by Gasteiger charge is -2.20. The Morgan fingerprint density at radius 1 is 1.05 bits per heavy atom. The molecule has 5 aromatic rings. The van der Waals surface area contributed by atoms with E-state index in [0.29, 0.717) is 18.4 Å². The van der Waals surface area contributed by atoms with Crippen LogP contribution in [0, 0.1) is 12.8 Å². The summed E-state index contributed by atoms with van der Waals surface area (Å²) in [6, 6.07) is 11.0. The summed E-state index contributed by atoms with van der Waals surface area (Å²) >= 11 is 5.81. The number of hydrogen-bond donors (Lipinski definition) is 0. The second-order valence-electron chi connectivity index (χ2n) is 12.2. The van der Waals surface area contributed by atoms with E-state index in [-0.39, 0.29) is 0 Å². The van der Waals surface area contributed by atoms with Crippen LogP contribution in [-0.2, 0) is 18.0 Å². The largest absolute Gasteiger partial charge is 0.456 e. The first-order chi connectivity index (χ1) is 20.2. The van der Waals surface area contributed by atoms with E-state index < -0.39 is 8.07 Å². The minimum atomic E-state index is -1.14. The van der Waals surface area contributed by atoms with Gasteiger partial charge in [0.2, 0.25) is 0 Å². The van der Waals surface area contributed by atoms with Gasteiger partial charge in [-0.2, -0.15) is 16.9 Å². The number of rotatable bonds is 10. The van der Waals surface area contributed by atoms with E-state index in [0.717, 1.165) is 68.6 Å². The molecule has 220 valence electrons. The maximum atomic E-state index is 6.39. The molecule has 0 atom stereocenters. The van der Waals surface area contributed by atoms with Crippen molar-refractivity contribution in [2.45, 2.75) is 58.7 Å². The van der Waals surface area contributed by atoms with Crippen molar-refractivity contribution in [2.75, 3.05) is 18.1 Å². The molecule has 1 aliphatic heterocycles. The van der Waals surface area contributed by atoms with E-state index in [4.69, 9.17) is 19.4 Å². The van der Waals surface area contributed by atoms with Crippen molar-refractivity contribution in [1.82, 2.24) is 29.3 Å². The molecule has 0 spiro atoms. The number of halogens is 1. The van der Waals surface area contributed by atoms with Gasteiger partial charge in [-0.1, -0.05) is 19.6 Å². The molecule has 8 nitrogen and oxygen atoms in total. The fourth-order valence-corrected chi connectivity index (χ4v) is 7.61. The van der Waals surface area contributed by atoms with Crippen LogP contribution in [0.2, 0.25) is 25.7 Å². The van der Waals surface area contributed by atoms with Crippen LogP contribution in [0.15, 0.2) is 53.4 Å². The summed E-state index contributed by atoms with van der Waals surface area (Å²) in [5, 5.41) is 4.62.